The van der Waals surface area contributed by atoms with Gasteiger partial charge in [-0.2, -0.15) is 0 Å². The number of halogens is 2. The molecule has 1 heterocycles. The molecule has 0 saturated carbocycles. The van der Waals surface area contributed by atoms with Crippen LogP contribution >= 0.6 is 11.6 Å². The molecule has 0 aliphatic rings. The molecule has 3 nitrogen and oxygen atoms in total. The highest BCUT2D eigenvalue weighted by Gasteiger charge is 2.10. The third-order valence-corrected chi connectivity index (χ3v) is 2.65. The van der Waals surface area contributed by atoms with E-state index in [4.69, 9.17) is 16.3 Å². The molecule has 2 aromatic rings. The van der Waals surface area contributed by atoms with Crippen LogP contribution in [0.15, 0.2) is 24.5 Å². The number of hydrogen-bond donors (Lipinski definition) is 0. The van der Waals surface area contributed by atoms with Crippen molar-refractivity contribution in [1.29, 1.82) is 0 Å². The maximum absolute atomic E-state index is 13.5. The topological polar surface area (TPSA) is 35.0 Å². The van der Waals surface area contributed by atoms with Crippen LogP contribution in [0.4, 0.5) is 4.39 Å². The highest BCUT2D eigenvalue weighted by atomic mass is 35.5. The Kier molecular flexibility index (Phi) is 3.24. The number of hydrogen-bond acceptors (Lipinski definition) is 3. The largest absolute Gasteiger partial charge is 0.435 e. The minimum absolute atomic E-state index is 0.128. The van der Waals surface area contributed by atoms with Crippen molar-refractivity contribution in [2.24, 2.45) is 0 Å². The molecule has 88 valence electrons. The first-order chi connectivity index (χ1) is 8.08. The van der Waals surface area contributed by atoms with Crippen LogP contribution in [-0.4, -0.2) is 9.97 Å². The fourth-order valence-electron chi connectivity index (χ4n) is 1.31. The van der Waals surface area contributed by atoms with E-state index in [-0.39, 0.29) is 11.6 Å². The lowest BCUT2D eigenvalue weighted by molar-refractivity contribution is 0.423. The Labute approximate surface area is 103 Å². The van der Waals surface area contributed by atoms with Gasteiger partial charge in [-0.05, 0) is 31.5 Å². The Morgan fingerprint density at radius 1 is 1.24 bits per heavy atom. The van der Waals surface area contributed by atoms with E-state index < -0.39 is 5.82 Å². The van der Waals surface area contributed by atoms with Gasteiger partial charge in [-0.1, -0.05) is 17.7 Å². The van der Waals surface area contributed by atoms with Gasteiger partial charge in [0.15, 0.2) is 11.6 Å². The Balaban J connectivity index is 2.38. The Bertz CT molecular complexity index is 560. The minimum atomic E-state index is -0.440. The summed E-state index contributed by atoms with van der Waals surface area (Å²) in [6, 6.07) is 4.62. The monoisotopic (exact) mass is 252 g/mol. The molecule has 2 rings (SSSR count). The van der Waals surface area contributed by atoms with Crippen molar-refractivity contribution in [3.8, 4) is 11.6 Å². The van der Waals surface area contributed by atoms with Crippen LogP contribution in [-0.2, 0) is 0 Å². The van der Waals surface area contributed by atoms with E-state index >= 15 is 0 Å². The van der Waals surface area contributed by atoms with Crippen molar-refractivity contribution in [1.82, 2.24) is 9.97 Å². The van der Waals surface area contributed by atoms with Crippen LogP contribution < -0.4 is 4.74 Å². The molecule has 0 amide bonds. The Hall–Kier alpha value is -1.68. The van der Waals surface area contributed by atoms with E-state index in [0.717, 1.165) is 5.56 Å². The van der Waals surface area contributed by atoms with E-state index in [9.17, 15) is 4.39 Å². The lowest BCUT2D eigenvalue weighted by Crippen LogP contribution is -1.95. The van der Waals surface area contributed by atoms with Crippen molar-refractivity contribution in [3.05, 3.63) is 46.6 Å². The van der Waals surface area contributed by atoms with Crippen LogP contribution in [0.5, 0.6) is 11.6 Å². The van der Waals surface area contributed by atoms with E-state index in [1.165, 1.54) is 12.4 Å². The molecule has 0 aliphatic carbocycles. The molecule has 0 radical (unpaired) electrons. The summed E-state index contributed by atoms with van der Waals surface area (Å²) in [6.07, 6.45) is 1.28. The van der Waals surface area contributed by atoms with Gasteiger partial charge in [-0.15, -0.1) is 0 Å². The maximum Gasteiger partial charge on any atom is 0.226 e. The van der Waals surface area contributed by atoms with Crippen molar-refractivity contribution < 1.29 is 9.13 Å². The highest BCUT2D eigenvalue weighted by molar-refractivity contribution is 6.30. The van der Waals surface area contributed by atoms with Gasteiger partial charge in [0.05, 0.1) is 0 Å². The van der Waals surface area contributed by atoms with Gasteiger partial charge in [0.25, 0.3) is 0 Å². The lowest BCUT2D eigenvalue weighted by atomic mass is 10.2. The second-order valence-electron chi connectivity index (χ2n) is 3.63. The van der Waals surface area contributed by atoms with Gasteiger partial charge < -0.3 is 4.74 Å². The molecule has 0 bridgehead atoms. The summed E-state index contributed by atoms with van der Waals surface area (Å²) >= 11 is 5.83. The van der Waals surface area contributed by atoms with Crippen molar-refractivity contribution in [2.45, 2.75) is 13.8 Å². The van der Waals surface area contributed by atoms with Crippen molar-refractivity contribution in [2.75, 3.05) is 0 Å². The molecule has 0 unspecified atom stereocenters. The molecule has 0 fully saturated rings. The second-order valence-corrected chi connectivity index (χ2v) is 3.99. The smallest absolute Gasteiger partial charge is 0.226 e. The molecule has 0 N–H and O–H groups in total. The number of nitrogens with zero attached hydrogens (tertiary/aromatic N) is 2. The fourth-order valence-corrected chi connectivity index (χ4v) is 1.43. The number of aromatic nitrogens is 2. The molecule has 1 aromatic carbocycles. The first-order valence-corrected chi connectivity index (χ1v) is 5.37. The minimum Gasteiger partial charge on any atom is -0.435 e. The Morgan fingerprint density at radius 3 is 2.76 bits per heavy atom. The molecule has 0 spiro atoms. The zero-order valence-electron chi connectivity index (χ0n) is 9.37. The normalized spacial score (nSPS) is 10.4. The average molecular weight is 253 g/mol. The van der Waals surface area contributed by atoms with Gasteiger partial charge in [0.1, 0.15) is 11.5 Å². The maximum atomic E-state index is 13.5. The number of ether oxygens (including phenoxy) is 1. The van der Waals surface area contributed by atoms with Gasteiger partial charge in [-0.25, -0.2) is 14.4 Å². The molecule has 5 heteroatoms. The molecule has 0 aliphatic heterocycles. The first kappa shape index (κ1) is 11.8. The van der Waals surface area contributed by atoms with Crippen LogP contribution in [0, 0.1) is 19.7 Å². The highest BCUT2D eigenvalue weighted by Crippen LogP contribution is 2.28. The van der Waals surface area contributed by atoms with Crippen LogP contribution in [0.1, 0.15) is 11.1 Å². The predicted molar refractivity (Wildman–Crippen MR) is 63.0 cm³/mol. The number of aryl methyl sites for hydroxylation is 1. The average Bonchev–Trinajstić information content (AvgIpc) is 2.30. The lowest BCUT2D eigenvalue weighted by Gasteiger charge is -2.09. The quantitative estimate of drug-likeness (QED) is 0.765. The summed E-state index contributed by atoms with van der Waals surface area (Å²) in [5.74, 6) is -0.0536. The van der Waals surface area contributed by atoms with Crippen molar-refractivity contribution >= 4 is 11.6 Å². The summed E-state index contributed by atoms with van der Waals surface area (Å²) in [7, 11) is 0. The van der Waals surface area contributed by atoms with Gasteiger partial charge in [-0.3, -0.25) is 0 Å². The molecule has 17 heavy (non-hydrogen) atoms. The third-order valence-electron chi connectivity index (χ3n) is 2.27. The summed E-state index contributed by atoms with van der Waals surface area (Å²) in [5, 5.41) is 0.295. The molecule has 0 saturated heterocycles. The van der Waals surface area contributed by atoms with E-state index in [1.807, 2.05) is 6.92 Å². The number of benzene rings is 1. The summed E-state index contributed by atoms with van der Waals surface area (Å²) in [5.41, 5.74) is 1.48. The molecule has 0 atom stereocenters. The van der Waals surface area contributed by atoms with Gasteiger partial charge >= 0.3 is 0 Å². The van der Waals surface area contributed by atoms with Crippen molar-refractivity contribution in [3.63, 3.8) is 0 Å². The summed E-state index contributed by atoms with van der Waals surface area (Å²) in [6.45, 7) is 3.57. The molecular weight excluding hydrogens is 243 g/mol. The first-order valence-electron chi connectivity index (χ1n) is 4.99. The van der Waals surface area contributed by atoms with Gasteiger partial charge in [0, 0.05) is 5.56 Å². The van der Waals surface area contributed by atoms with Crippen LogP contribution in [0.2, 0.25) is 5.15 Å². The molecule has 1 aromatic heterocycles. The van der Waals surface area contributed by atoms with Crippen LogP contribution in [0.3, 0.4) is 0 Å². The Morgan fingerprint density at radius 2 is 2.00 bits per heavy atom. The predicted octanol–water partition coefficient (Wildman–Crippen LogP) is 3.68. The zero-order valence-corrected chi connectivity index (χ0v) is 10.1. The molecular formula is C12H10ClFN2O. The summed E-state index contributed by atoms with van der Waals surface area (Å²) in [4.78, 5) is 7.72. The standard InChI is InChI=1S/C12H10ClFN2O/c1-7-3-4-9(14)10(5-7)17-12-8(2)11(13)15-6-16-12/h3-6H,1-2H3. The zero-order chi connectivity index (χ0) is 12.4. The van der Waals surface area contributed by atoms with E-state index in [0.29, 0.717) is 10.7 Å². The van der Waals surface area contributed by atoms with Gasteiger partial charge in [0.2, 0.25) is 5.88 Å². The summed E-state index contributed by atoms with van der Waals surface area (Å²) < 4.78 is 18.9. The SMILES string of the molecule is Cc1ccc(F)c(Oc2ncnc(Cl)c2C)c1. The van der Waals surface area contributed by atoms with E-state index in [2.05, 4.69) is 9.97 Å². The second kappa shape index (κ2) is 4.67. The van der Waals surface area contributed by atoms with E-state index in [1.54, 1.807) is 19.1 Å². The fraction of sp³-hybridized carbons (Fsp3) is 0.167. The third kappa shape index (κ3) is 2.53. The number of rotatable bonds is 2. The van der Waals surface area contributed by atoms with Crippen LogP contribution in [0.25, 0.3) is 0 Å².